The maximum Gasteiger partial charge on any atom is 0.307 e. The second-order valence-corrected chi connectivity index (χ2v) is 4.05. The zero-order valence-corrected chi connectivity index (χ0v) is 8.52. The molecule has 1 aromatic carbocycles. The molecule has 0 unspecified atom stereocenters. The van der Waals surface area contributed by atoms with Crippen molar-refractivity contribution >= 4 is 11.8 Å². The van der Waals surface area contributed by atoms with Gasteiger partial charge in [0.1, 0.15) is 11.6 Å². The number of carboxylic acids is 1. The lowest BCUT2D eigenvalue weighted by molar-refractivity contribution is -0.142. The highest BCUT2D eigenvalue weighted by Gasteiger charge is 2.38. The van der Waals surface area contributed by atoms with Gasteiger partial charge in [0.15, 0.2) is 0 Å². The molecule has 1 N–H and O–H groups in total. The third-order valence-corrected chi connectivity index (χ3v) is 3.00. The second-order valence-electron chi connectivity index (χ2n) is 4.05. The number of halogens is 1. The van der Waals surface area contributed by atoms with Gasteiger partial charge in [-0.2, -0.15) is 0 Å². The molecule has 1 saturated carbocycles. The van der Waals surface area contributed by atoms with Gasteiger partial charge in [0.05, 0.1) is 5.92 Å². The van der Waals surface area contributed by atoms with Crippen LogP contribution >= 0.6 is 0 Å². The summed E-state index contributed by atoms with van der Waals surface area (Å²) in [7, 11) is 0. The number of carbonyl (C=O) groups is 2. The van der Waals surface area contributed by atoms with Crippen molar-refractivity contribution in [1.29, 1.82) is 0 Å². The highest BCUT2D eigenvalue weighted by atomic mass is 19.1. The molecule has 0 radical (unpaired) electrons. The molecular formula is C12H11FO3. The number of benzene rings is 1. The first kappa shape index (κ1) is 10.8. The summed E-state index contributed by atoms with van der Waals surface area (Å²) in [6, 6.07) is 5.68. The molecule has 84 valence electrons. The Hall–Kier alpha value is -1.71. The van der Waals surface area contributed by atoms with Crippen LogP contribution in [-0.4, -0.2) is 16.9 Å². The predicted octanol–water partition coefficient (Wildman–Crippen LogP) is 1.97. The third kappa shape index (κ3) is 1.96. The van der Waals surface area contributed by atoms with Gasteiger partial charge in [0, 0.05) is 18.8 Å². The minimum atomic E-state index is -0.958. The first-order chi connectivity index (χ1) is 7.58. The summed E-state index contributed by atoms with van der Waals surface area (Å²) in [5.74, 6) is -2.34. The normalized spacial score (nSPS) is 24.7. The van der Waals surface area contributed by atoms with Crippen LogP contribution in [0, 0.1) is 11.7 Å². The summed E-state index contributed by atoms with van der Waals surface area (Å²) in [6.45, 7) is 0. The maximum absolute atomic E-state index is 12.7. The first-order valence-corrected chi connectivity index (χ1v) is 5.08. The van der Waals surface area contributed by atoms with E-state index in [2.05, 4.69) is 0 Å². The monoisotopic (exact) mass is 222 g/mol. The van der Waals surface area contributed by atoms with E-state index in [0.29, 0.717) is 0 Å². The van der Waals surface area contributed by atoms with Crippen molar-refractivity contribution in [2.45, 2.75) is 18.8 Å². The van der Waals surface area contributed by atoms with Gasteiger partial charge in [0.2, 0.25) is 0 Å². The molecule has 2 atom stereocenters. The summed E-state index contributed by atoms with van der Waals surface area (Å²) in [5.41, 5.74) is 0.722. The number of carboxylic acid groups (broad SMARTS) is 1. The van der Waals surface area contributed by atoms with Crippen LogP contribution in [0.5, 0.6) is 0 Å². The van der Waals surface area contributed by atoms with Crippen molar-refractivity contribution < 1.29 is 19.1 Å². The Balaban J connectivity index is 2.28. The van der Waals surface area contributed by atoms with Crippen molar-refractivity contribution in [3.63, 3.8) is 0 Å². The van der Waals surface area contributed by atoms with E-state index in [1.807, 2.05) is 0 Å². The fraction of sp³-hybridized carbons (Fsp3) is 0.333. The zero-order valence-electron chi connectivity index (χ0n) is 8.52. The van der Waals surface area contributed by atoms with Crippen LogP contribution in [0.2, 0.25) is 0 Å². The van der Waals surface area contributed by atoms with Crippen LogP contribution in [0.3, 0.4) is 0 Å². The Bertz CT molecular complexity index is 424. The summed E-state index contributed by atoms with van der Waals surface area (Å²) in [5, 5.41) is 8.99. The lowest BCUT2D eigenvalue weighted by Gasteiger charge is -2.14. The van der Waals surface area contributed by atoms with E-state index in [4.69, 9.17) is 5.11 Å². The molecule has 3 nitrogen and oxygen atoms in total. The quantitative estimate of drug-likeness (QED) is 0.832. The Morgan fingerprint density at radius 3 is 2.44 bits per heavy atom. The van der Waals surface area contributed by atoms with Crippen LogP contribution in [0.4, 0.5) is 4.39 Å². The summed E-state index contributed by atoms with van der Waals surface area (Å²) >= 11 is 0. The number of aliphatic carboxylic acids is 1. The van der Waals surface area contributed by atoms with E-state index in [0.717, 1.165) is 5.56 Å². The zero-order chi connectivity index (χ0) is 11.7. The third-order valence-electron chi connectivity index (χ3n) is 3.00. The molecular weight excluding hydrogens is 211 g/mol. The van der Waals surface area contributed by atoms with Gasteiger partial charge in [-0.1, -0.05) is 12.1 Å². The number of hydrogen-bond donors (Lipinski definition) is 1. The number of rotatable bonds is 2. The number of hydrogen-bond acceptors (Lipinski definition) is 2. The molecule has 1 aliphatic carbocycles. The molecule has 0 spiro atoms. The van der Waals surface area contributed by atoms with E-state index < -0.39 is 11.9 Å². The molecule has 0 aromatic heterocycles. The standard InChI is InChI=1S/C12H11FO3/c13-8-3-1-7(2-4-8)10-5-9(14)6-11(10)12(15)16/h1-4,10-11H,5-6H2,(H,15,16)/t10-,11-/m0/s1. The summed E-state index contributed by atoms with van der Waals surface area (Å²) in [6.07, 6.45) is 0.319. The van der Waals surface area contributed by atoms with Gasteiger partial charge in [-0.05, 0) is 17.7 Å². The van der Waals surface area contributed by atoms with Crippen LogP contribution in [-0.2, 0) is 9.59 Å². The Morgan fingerprint density at radius 1 is 1.25 bits per heavy atom. The molecule has 1 fully saturated rings. The largest absolute Gasteiger partial charge is 0.481 e. The lowest BCUT2D eigenvalue weighted by atomic mass is 9.89. The smallest absolute Gasteiger partial charge is 0.307 e. The van der Waals surface area contributed by atoms with Crippen molar-refractivity contribution in [3.05, 3.63) is 35.6 Å². The number of Topliss-reactive ketones (excluding diaryl/α,β-unsaturated/α-hetero) is 1. The molecule has 0 bridgehead atoms. The fourth-order valence-electron chi connectivity index (χ4n) is 2.18. The molecule has 0 amide bonds. The van der Waals surface area contributed by atoms with Crippen LogP contribution < -0.4 is 0 Å². The Labute approximate surface area is 91.9 Å². The fourth-order valence-corrected chi connectivity index (χ4v) is 2.18. The van der Waals surface area contributed by atoms with E-state index >= 15 is 0 Å². The van der Waals surface area contributed by atoms with E-state index in [-0.39, 0.29) is 30.4 Å². The Kier molecular flexibility index (Phi) is 2.73. The highest BCUT2D eigenvalue weighted by molar-refractivity contribution is 5.89. The van der Waals surface area contributed by atoms with Gasteiger partial charge in [-0.25, -0.2) is 4.39 Å². The van der Waals surface area contributed by atoms with Gasteiger partial charge in [-0.15, -0.1) is 0 Å². The molecule has 2 rings (SSSR count). The van der Waals surface area contributed by atoms with Crippen molar-refractivity contribution in [3.8, 4) is 0 Å². The minimum Gasteiger partial charge on any atom is -0.481 e. The summed E-state index contributed by atoms with van der Waals surface area (Å²) < 4.78 is 12.7. The molecule has 1 aromatic rings. The van der Waals surface area contributed by atoms with Crippen LogP contribution in [0.25, 0.3) is 0 Å². The van der Waals surface area contributed by atoms with Crippen LogP contribution in [0.1, 0.15) is 24.3 Å². The van der Waals surface area contributed by atoms with E-state index in [1.54, 1.807) is 12.1 Å². The van der Waals surface area contributed by atoms with E-state index in [9.17, 15) is 14.0 Å². The van der Waals surface area contributed by atoms with Gasteiger partial charge in [0.25, 0.3) is 0 Å². The second kappa shape index (κ2) is 4.04. The average molecular weight is 222 g/mol. The molecule has 0 saturated heterocycles. The Morgan fingerprint density at radius 2 is 1.88 bits per heavy atom. The highest BCUT2D eigenvalue weighted by Crippen LogP contribution is 2.37. The lowest BCUT2D eigenvalue weighted by Crippen LogP contribution is -2.16. The average Bonchev–Trinajstić information content (AvgIpc) is 2.61. The van der Waals surface area contributed by atoms with Gasteiger partial charge in [-0.3, -0.25) is 9.59 Å². The predicted molar refractivity (Wildman–Crippen MR) is 54.5 cm³/mol. The summed E-state index contributed by atoms with van der Waals surface area (Å²) in [4.78, 5) is 22.2. The van der Waals surface area contributed by atoms with Crippen molar-refractivity contribution in [1.82, 2.24) is 0 Å². The molecule has 0 aliphatic heterocycles. The SMILES string of the molecule is O=C1C[C@H](C(=O)O)[C@H](c2ccc(F)cc2)C1. The van der Waals surface area contributed by atoms with Crippen molar-refractivity contribution in [2.75, 3.05) is 0 Å². The van der Waals surface area contributed by atoms with Gasteiger partial charge < -0.3 is 5.11 Å². The van der Waals surface area contributed by atoms with Gasteiger partial charge >= 0.3 is 5.97 Å². The maximum atomic E-state index is 12.7. The topological polar surface area (TPSA) is 54.4 Å². The molecule has 0 heterocycles. The molecule has 4 heteroatoms. The van der Waals surface area contributed by atoms with E-state index in [1.165, 1.54) is 12.1 Å². The molecule has 1 aliphatic rings. The van der Waals surface area contributed by atoms with Crippen LogP contribution in [0.15, 0.2) is 24.3 Å². The number of ketones is 1. The minimum absolute atomic E-state index is 0.0401. The first-order valence-electron chi connectivity index (χ1n) is 5.08. The van der Waals surface area contributed by atoms with Crippen molar-refractivity contribution in [2.24, 2.45) is 5.92 Å². The molecule has 16 heavy (non-hydrogen) atoms. The number of carbonyl (C=O) groups excluding carboxylic acids is 1.